The Kier molecular flexibility index (Phi) is 7.88. The first-order valence-electron chi connectivity index (χ1n) is 7.82. The van der Waals surface area contributed by atoms with Gasteiger partial charge in [-0.2, -0.15) is 0 Å². The van der Waals surface area contributed by atoms with E-state index in [0.29, 0.717) is 19.4 Å². The Labute approximate surface area is 132 Å². The van der Waals surface area contributed by atoms with Crippen molar-refractivity contribution in [2.75, 3.05) is 13.2 Å². The predicted octanol–water partition coefficient (Wildman–Crippen LogP) is 2.71. The standard InChI is InChI=1S/C17H27FN2O2/c1-12(2)16(10-14-4-6-15(18)7-5-14)20-17(22)19-11-13(3)8-9-21/h4-7,12-13,16,21H,8-11H2,1-3H3,(H2,19,20,22). The Morgan fingerprint density at radius 2 is 1.86 bits per heavy atom. The molecule has 4 nitrogen and oxygen atoms in total. The minimum absolute atomic E-state index is 0.0152. The van der Waals surface area contributed by atoms with E-state index >= 15 is 0 Å². The largest absolute Gasteiger partial charge is 0.396 e. The van der Waals surface area contributed by atoms with Crippen molar-refractivity contribution in [1.29, 1.82) is 0 Å². The van der Waals surface area contributed by atoms with Gasteiger partial charge >= 0.3 is 6.03 Å². The molecule has 0 saturated heterocycles. The number of halogens is 1. The molecule has 0 radical (unpaired) electrons. The second kappa shape index (κ2) is 9.41. The van der Waals surface area contributed by atoms with Crippen LogP contribution in [0.1, 0.15) is 32.8 Å². The van der Waals surface area contributed by atoms with E-state index in [1.807, 2.05) is 20.8 Å². The van der Waals surface area contributed by atoms with Crippen molar-refractivity contribution in [3.05, 3.63) is 35.6 Å². The Morgan fingerprint density at radius 3 is 2.41 bits per heavy atom. The van der Waals surface area contributed by atoms with Gasteiger partial charge < -0.3 is 15.7 Å². The molecular weight excluding hydrogens is 283 g/mol. The maximum absolute atomic E-state index is 12.9. The molecule has 22 heavy (non-hydrogen) atoms. The molecule has 2 amide bonds. The number of benzene rings is 1. The topological polar surface area (TPSA) is 61.4 Å². The van der Waals surface area contributed by atoms with Crippen LogP contribution in [0, 0.1) is 17.7 Å². The van der Waals surface area contributed by atoms with E-state index in [1.165, 1.54) is 12.1 Å². The first-order valence-corrected chi connectivity index (χ1v) is 7.82. The second-order valence-corrected chi connectivity index (χ2v) is 6.15. The Morgan fingerprint density at radius 1 is 1.23 bits per heavy atom. The summed E-state index contributed by atoms with van der Waals surface area (Å²) in [5.74, 6) is 0.254. The molecule has 0 spiro atoms. The van der Waals surface area contributed by atoms with Gasteiger partial charge in [0.1, 0.15) is 5.82 Å². The molecule has 1 rings (SSSR count). The summed E-state index contributed by atoms with van der Waals surface area (Å²) in [6.07, 6.45) is 1.33. The van der Waals surface area contributed by atoms with Gasteiger partial charge in [0, 0.05) is 19.2 Å². The molecule has 1 aromatic rings. The fraction of sp³-hybridized carbons (Fsp3) is 0.588. The maximum atomic E-state index is 12.9. The number of carbonyl (C=O) groups is 1. The highest BCUT2D eigenvalue weighted by Gasteiger charge is 2.17. The van der Waals surface area contributed by atoms with Crippen molar-refractivity contribution >= 4 is 6.03 Å². The lowest BCUT2D eigenvalue weighted by molar-refractivity contribution is 0.227. The van der Waals surface area contributed by atoms with Gasteiger partial charge in [-0.15, -0.1) is 0 Å². The zero-order valence-electron chi connectivity index (χ0n) is 13.6. The molecule has 0 saturated carbocycles. The van der Waals surface area contributed by atoms with E-state index in [9.17, 15) is 9.18 Å². The first kappa shape index (κ1) is 18.4. The molecule has 0 aliphatic heterocycles. The third-order valence-corrected chi connectivity index (χ3v) is 3.72. The number of carbonyl (C=O) groups excluding carboxylic acids is 1. The highest BCUT2D eigenvalue weighted by molar-refractivity contribution is 5.74. The summed E-state index contributed by atoms with van der Waals surface area (Å²) in [6.45, 7) is 6.73. The molecule has 0 aliphatic carbocycles. The number of amides is 2. The summed E-state index contributed by atoms with van der Waals surface area (Å²) in [7, 11) is 0. The van der Waals surface area contributed by atoms with E-state index in [0.717, 1.165) is 5.56 Å². The van der Waals surface area contributed by atoms with Gasteiger partial charge in [0.15, 0.2) is 0 Å². The van der Waals surface area contributed by atoms with E-state index in [4.69, 9.17) is 5.11 Å². The van der Waals surface area contributed by atoms with Crippen molar-refractivity contribution in [1.82, 2.24) is 10.6 Å². The Balaban J connectivity index is 2.49. The Hall–Kier alpha value is -1.62. The zero-order chi connectivity index (χ0) is 16.5. The van der Waals surface area contributed by atoms with E-state index in [2.05, 4.69) is 10.6 Å². The number of hydrogen-bond acceptors (Lipinski definition) is 2. The lowest BCUT2D eigenvalue weighted by Gasteiger charge is -2.23. The van der Waals surface area contributed by atoms with Crippen LogP contribution in [0.5, 0.6) is 0 Å². The molecule has 2 atom stereocenters. The van der Waals surface area contributed by atoms with Crippen LogP contribution in [0.2, 0.25) is 0 Å². The van der Waals surface area contributed by atoms with Crippen LogP contribution in [0.15, 0.2) is 24.3 Å². The number of nitrogens with one attached hydrogen (secondary N) is 2. The molecule has 2 unspecified atom stereocenters. The quantitative estimate of drug-likeness (QED) is 0.691. The normalized spacial score (nSPS) is 13.7. The van der Waals surface area contributed by atoms with Crippen LogP contribution >= 0.6 is 0 Å². The summed E-state index contributed by atoms with van der Waals surface area (Å²) in [5, 5.41) is 14.6. The summed E-state index contributed by atoms with van der Waals surface area (Å²) >= 11 is 0. The van der Waals surface area contributed by atoms with E-state index < -0.39 is 0 Å². The van der Waals surface area contributed by atoms with Crippen molar-refractivity contribution in [3.63, 3.8) is 0 Å². The van der Waals surface area contributed by atoms with Crippen LogP contribution in [0.4, 0.5) is 9.18 Å². The van der Waals surface area contributed by atoms with Crippen LogP contribution in [-0.4, -0.2) is 30.3 Å². The van der Waals surface area contributed by atoms with Gasteiger partial charge in [0.2, 0.25) is 0 Å². The van der Waals surface area contributed by atoms with E-state index in [1.54, 1.807) is 12.1 Å². The summed E-state index contributed by atoms with van der Waals surface area (Å²) < 4.78 is 12.9. The first-order chi connectivity index (χ1) is 10.4. The number of urea groups is 1. The number of aliphatic hydroxyl groups excluding tert-OH is 1. The van der Waals surface area contributed by atoms with Crippen LogP contribution in [0.3, 0.4) is 0 Å². The van der Waals surface area contributed by atoms with Crippen molar-refractivity contribution in [2.24, 2.45) is 11.8 Å². The minimum atomic E-state index is -0.256. The number of aliphatic hydroxyl groups is 1. The van der Waals surface area contributed by atoms with Crippen molar-refractivity contribution in [2.45, 2.75) is 39.7 Å². The summed E-state index contributed by atoms with van der Waals surface area (Å²) in [6, 6.07) is 6.14. The molecule has 0 aromatic heterocycles. The van der Waals surface area contributed by atoms with Gasteiger partial charge in [-0.25, -0.2) is 9.18 Å². The SMILES string of the molecule is CC(CCO)CNC(=O)NC(Cc1ccc(F)cc1)C(C)C. The van der Waals surface area contributed by atoms with Gasteiger partial charge in [-0.05, 0) is 42.4 Å². The van der Waals surface area contributed by atoms with Crippen molar-refractivity contribution < 1.29 is 14.3 Å². The van der Waals surface area contributed by atoms with Gasteiger partial charge in [0.25, 0.3) is 0 Å². The smallest absolute Gasteiger partial charge is 0.315 e. The highest BCUT2D eigenvalue weighted by Crippen LogP contribution is 2.11. The third kappa shape index (κ3) is 6.89. The Bertz CT molecular complexity index is 448. The monoisotopic (exact) mass is 310 g/mol. The second-order valence-electron chi connectivity index (χ2n) is 6.15. The van der Waals surface area contributed by atoms with Crippen LogP contribution in [-0.2, 0) is 6.42 Å². The third-order valence-electron chi connectivity index (χ3n) is 3.72. The zero-order valence-corrected chi connectivity index (χ0v) is 13.6. The molecule has 0 bridgehead atoms. The summed E-state index contributed by atoms with van der Waals surface area (Å²) in [4.78, 5) is 12.0. The summed E-state index contributed by atoms with van der Waals surface area (Å²) in [5.41, 5.74) is 0.994. The fourth-order valence-electron chi connectivity index (χ4n) is 2.14. The maximum Gasteiger partial charge on any atom is 0.315 e. The molecule has 1 aromatic carbocycles. The number of hydrogen-bond donors (Lipinski definition) is 3. The predicted molar refractivity (Wildman–Crippen MR) is 86.1 cm³/mol. The molecule has 124 valence electrons. The fourth-order valence-corrected chi connectivity index (χ4v) is 2.14. The van der Waals surface area contributed by atoms with Gasteiger partial charge in [-0.1, -0.05) is 32.9 Å². The van der Waals surface area contributed by atoms with Crippen LogP contribution < -0.4 is 10.6 Å². The average molecular weight is 310 g/mol. The van der Waals surface area contributed by atoms with E-state index in [-0.39, 0.29) is 36.3 Å². The van der Waals surface area contributed by atoms with Crippen molar-refractivity contribution in [3.8, 4) is 0 Å². The molecule has 0 aliphatic rings. The minimum Gasteiger partial charge on any atom is -0.396 e. The van der Waals surface area contributed by atoms with Gasteiger partial charge in [-0.3, -0.25) is 0 Å². The molecule has 5 heteroatoms. The lowest BCUT2D eigenvalue weighted by Crippen LogP contribution is -2.46. The molecule has 3 N–H and O–H groups in total. The van der Waals surface area contributed by atoms with Crippen LogP contribution in [0.25, 0.3) is 0 Å². The number of rotatable bonds is 8. The molecule has 0 fully saturated rings. The molecular formula is C17H27FN2O2. The lowest BCUT2D eigenvalue weighted by atomic mass is 9.96. The van der Waals surface area contributed by atoms with Gasteiger partial charge in [0.05, 0.1) is 0 Å². The highest BCUT2D eigenvalue weighted by atomic mass is 19.1. The molecule has 0 heterocycles. The average Bonchev–Trinajstić information content (AvgIpc) is 2.47.